The van der Waals surface area contributed by atoms with Crippen LogP contribution in [0, 0.1) is 0 Å². The summed E-state index contributed by atoms with van der Waals surface area (Å²) < 4.78 is 5.13. The van der Waals surface area contributed by atoms with E-state index in [2.05, 4.69) is 17.4 Å². The van der Waals surface area contributed by atoms with Crippen LogP contribution in [-0.2, 0) is 0 Å². The third-order valence-corrected chi connectivity index (χ3v) is 3.36. The van der Waals surface area contributed by atoms with Crippen molar-refractivity contribution < 1.29 is 9.53 Å². The van der Waals surface area contributed by atoms with Gasteiger partial charge in [0.05, 0.1) is 17.7 Å². The smallest absolute Gasteiger partial charge is 0.279 e. The molecule has 0 fully saturated rings. The number of thiophene rings is 1. The predicted octanol–water partition coefficient (Wildman–Crippen LogP) is 2.66. The van der Waals surface area contributed by atoms with E-state index < -0.39 is 0 Å². The maximum Gasteiger partial charge on any atom is 0.279 e. The molecule has 0 aliphatic heterocycles. The van der Waals surface area contributed by atoms with Crippen LogP contribution in [0.25, 0.3) is 5.70 Å². The monoisotopic (exact) mass is 274 g/mol. The van der Waals surface area contributed by atoms with Gasteiger partial charge < -0.3 is 4.74 Å². The minimum atomic E-state index is -0.181. The normalized spacial score (nSPS) is 9.74. The van der Waals surface area contributed by atoms with Crippen molar-refractivity contribution in [2.75, 3.05) is 7.11 Å². The van der Waals surface area contributed by atoms with Gasteiger partial charge in [-0.2, -0.15) is 0 Å². The van der Waals surface area contributed by atoms with E-state index in [9.17, 15) is 4.79 Å². The van der Waals surface area contributed by atoms with E-state index in [-0.39, 0.29) is 5.91 Å². The molecule has 1 amide bonds. The van der Waals surface area contributed by atoms with Crippen LogP contribution in [0.3, 0.4) is 0 Å². The van der Waals surface area contributed by atoms with Crippen molar-refractivity contribution in [1.82, 2.24) is 10.9 Å². The highest BCUT2D eigenvalue weighted by atomic mass is 32.1. The molecule has 2 aromatic rings. The van der Waals surface area contributed by atoms with Crippen molar-refractivity contribution in [3.05, 3.63) is 58.8 Å². The van der Waals surface area contributed by atoms with Gasteiger partial charge >= 0.3 is 0 Å². The largest absolute Gasteiger partial charge is 0.497 e. The van der Waals surface area contributed by atoms with Crippen LogP contribution in [-0.4, -0.2) is 13.0 Å². The Kier molecular flexibility index (Phi) is 4.20. The Morgan fingerprint density at radius 2 is 2.11 bits per heavy atom. The molecule has 0 saturated carbocycles. The van der Waals surface area contributed by atoms with Crippen molar-refractivity contribution in [3.8, 4) is 5.75 Å². The fourth-order valence-corrected chi connectivity index (χ4v) is 2.10. The van der Waals surface area contributed by atoms with E-state index in [4.69, 9.17) is 4.74 Å². The Hall–Kier alpha value is -2.27. The van der Waals surface area contributed by atoms with Gasteiger partial charge in [0.1, 0.15) is 5.75 Å². The molecule has 0 bridgehead atoms. The molecule has 0 saturated heterocycles. The zero-order chi connectivity index (χ0) is 13.7. The quantitative estimate of drug-likeness (QED) is 0.824. The van der Waals surface area contributed by atoms with Crippen LogP contribution in [0.15, 0.2) is 48.4 Å². The van der Waals surface area contributed by atoms with Crippen molar-refractivity contribution >= 4 is 22.9 Å². The first-order valence-electron chi connectivity index (χ1n) is 5.64. The molecule has 0 atom stereocenters. The highest BCUT2D eigenvalue weighted by Crippen LogP contribution is 2.16. The maximum atomic E-state index is 11.7. The molecule has 1 aromatic carbocycles. The molecule has 5 heteroatoms. The van der Waals surface area contributed by atoms with Crippen LogP contribution in [0.5, 0.6) is 5.75 Å². The van der Waals surface area contributed by atoms with Gasteiger partial charge in [0.2, 0.25) is 0 Å². The summed E-state index contributed by atoms with van der Waals surface area (Å²) in [6.07, 6.45) is 0. The molecule has 19 heavy (non-hydrogen) atoms. The molecular formula is C14H14N2O2S. The Bertz CT molecular complexity index is 579. The van der Waals surface area contributed by atoms with Gasteiger partial charge in [-0.1, -0.05) is 24.8 Å². The Balaban J connectivity index is 1.96. The molecule has 0 aliphatic carbocycles. The summed E-state index contributed by atoms with van der Waals surface area (Å²) in [6, 6.07) is 11.0. The van der Waals surface area contributed by atoms with Gasteiger partial charge in [0.25, 0.3) is 5.91 Å². The van der Waals surface area contributed by atoms with E-state index in [1.54, 1.807) is 13.2 Å². The molecule has 98 valence electrons. The summed E-state index contributed by atoms with van der Waals surface area (Å²) in [6.45, 7) is 3.88. The number of hydrogen-bond acceptors (Lipinski definition) is 4. The highest BCUT2D eigenvalue weighted by molar-refractivity contribution is 7.12. The highest BCUT2D eigenvalue weighted by Gasteiger charge is 2.06. The van der Waals surface area contributed by atoms with E-state index in [1.807, 2.05) is 35.7 Å². The van der Waals surface area contributed by atoms with Crippen molar-refractivity contribution in [2.45, 2.75) is 0 Å². The van der Waals surface area contributed by atoms with E-state index in [1.165, 1.54) is 11.3 Å². The average molecular weight is 274 g/mol. The number of amides is 1. The molecule has 1 aromatic heterocycles. The van der Waals surface area contributed by atoms with Crippen LogP contribution in [0.1, 0.15) is 15.2 Å². The Morgan fingerprint density at radius 3 is 2.79 bits per heavy atom. The maximum absolute atomic E-state index is 11.7. The van der Waals surface area contributed by atoms with Crippen molar-refractivity contribution in [2.24, 2.45) is 0 Å². The van der Waals surface area contributed by atoms with Crippen LogP contribution < -0.4 is 15.6 Å². The summed E-state index contributed by atoms with van der Waals surface area (Å²) >= 11 is 1.38. The summed E-state index contributed by atoms with van der Waals surface area (Å²) in [5.74, 6) is 0.559. The standard InChI is InChI=1S/C14H14N2O2S/c1-10(11-5-3-6-12(9-11)18-2)15-16-14(17)13-7-4-8-19-13/h3-9,15H,1H2,2H3,(H,16,17). The fraction of sp³-hybridized carbons (Fsp3) is 0.0714. The second-order valence-electron chi connectivity index (χ2n) is 3.77. The van der Waals surface area contributed by atoms with Gasteiger partial charge in [-0.3, -0.25) is 15.6 Å². The molecule has 4 nitrogen and oxygen atoms in total. The van der Waals surface area contributed by atoms with Crippen LogP contribution in [0.2, 0.25) is 0 Å². The summed E-state index contributed by atoms with van der Waals surface area (Å²) in [4.78, 5) is 12.4. The zero-order valence-corrected chi connectivity index (χ0v) is 11.3. The van der Waals surface area contributed by atoms with Gasteiger partial charge in [-0.15, -0.1) is 11.3 Å². The second kappa shape index (κ2) is 6.06. The Labute approximate surface area is 115 Å². The first-order valence-corrected chi connectivity index (χ1v) is 6.52. The van der Waals surface area contributed by atoms with Crippen LogP contribution >= 0.6 is 11.3 Å². The molecule has 2 N–H and O–H groups in total. The number of methoxy groups -OCH3 is 1. The van der Waals surface area contributed by atoms with Gasteiger partial charge in [-0.05, 0) is 23.6 Å². The summed E-state index contributed by atoms with van der Waals surface area (Å²) in [5.41, 5.74) is 6.85. The predicted molar refractivity (Wildman–Crippen MR) is 76.9 cm³/mol. The fourth-order valence-electron chi connectivity index (χ4n) is 1.48. The number of carbonyl (C=O) groups excluding carboxylic acids is 1. The molecule has 0 spiro atoms. The van der Waals surface area contributed by atoms with Gasteiger partial charge in [-0.25, -0.2) is 0 Å². The number of ether oxygens (including phenoxy) is 1. The first kappa shape index (κ1) is 13.2. The van der Waals surface area contributed by atoms with Crippen LogP contribution in [0.4, 0.5) is 0 Å². The van der Waals surface area contributed by atoms with Crippen molar-refractivity contribution in [1.29, 1.82) is 0 Å². The number of hydrogen-bond donors (Lipinski definition) is 2. The second-order valence-corrected chi connectivity index (χ2v) is 4.71. The average Bonchev–Trinajstić information content (AvgIpc) is 2.98. The molecular weight excluding hydrogens is 260 g/mol. The molecule has 1 heterocycles. The van der Waals surface area contributed by atoms with Gasteiger partial charge in [0, 0.05) is 5.56 Å². The van der Waals surface area contributed by atoms with E-state index in [0.717, 1.165) is 11.3 Å². The van der Waals surface area contributed by atoms with E-state index in [0.29, 0.717) is 10.6 Å². The molecule has 0 radical (unpaired) electrons. The topological polar surface area (TPSA) is 50.4 Å². The molecule has 2 rings (SSSR count). The lowest BCUT2D eigenvalue weighted by Gasteiger charge is -2.11. The lowest BCUT2D eigenvalue weighted by Crippen LogP contribution is -2.35. The minimum Gasteiger partial charge on any atom is -0.497 e. The third-order valence-electron chi connectivity index (χ3n) is 2.49. The number of rotatable bonds is 5. The number of nitrogens with one attached hydrogen (secondary N) is 2. The number of hydrazine groups is 1. The summed E-state index contributed by atoms with van der Waals surface area (Å²) in [7, 11) is 1.61. The summed E-state index contributed by atoms with van der Waals surface area (Å²) in [5, 5.41) is 1.85. The SMILES string of the molecule is C=C(NNC(=O)c1cccs1)c1cccc(OC)c1. The first-order chi connectivity index (χ1) is 9.20. The Morgan fingerprint density at radius 1 is 1.26 bits per heavy atom. The lowest BCUT2D eigenvalue weighted by molar-refractivity contribution is 0.0946. The lowest BCUT2D eigenvalue weighted by atomic mass is 10.2. The molecule has 0 unspecified atom stereocenters. The molecule has 0 aliphatic rings. The minimum absolute atomic E-state index is 0.181. The number of benzene rings is 1. The number of carbonyl (C=O) groups is 1. The van der Waals surface area contributed by atoms with Crippen molar-refractivity contribution in [3.63, 3.8) is 0 Å². The zero-order valence-electron chi connectivity index (χ0n) is 10.5. The van der Waals surface area contributed by atoms with E-state index >= 15 is 0 Å². The van der Waals surface area contributed by atoms with Gasteiger partial charge in [0.15, 0.2) is 0 Å². The third kappa shape index (κ3) is 3.35.